The molecule has 0 saturated carbocycles. The molecule has 0 radical (unpaired) electrons. The summed E-state index contributed by atoms with van der Waals surface area (Å²) < 4.78 is 45.7. The van der Waals surface area contributed by atoms with Crippen molar-refractivity contribution in [3.05, 3.63) is 54.0 Å². The van der Waals surface area contributed by atoms with Crippen molar-refractivity contribution in [2.75, 3.05) is 6.61 Å². The normalized spacial score (nSPS) is 21.0. The smallest absolute Gasteiger partial charge is 0.214 e. The molecular weight excluding hydrogens is 343 g/mol. The summed E-state index contributed by atoms with van der Waals surface area (Å²) in [5.41, 5.74) is 2.44. The highest BCUT2D eigenvalue weighted by atomic mass is 32.2. The lowest BCUT2D eigenvalue weighted by Gasteiger charge is -2.21. The number of sulfonamides is 1. The maximum atomic E-state index is 13.0. The van der Waals surface area contributed by atoms with Gasteiger partial charge in [-0.15, -0.1) is 0 Å². The third-order valence-corrected chi connectivity index (χ3v) is 6.16. The van der Waals surface area contributed by atoms with Gasteiger partial charge in [0, 0.05) is 12.2 Å². The van der Waals surface area contributed by atoms with Crippen molar-refractivity contribution in [1.29, 1.82) is 0 Å². The second-order valence-electron chi connectivity index (χ2n) is 6.38. The summed E-state index contributed by atoms with van der Waals surface area (Å²) in [5.74, 6) is -0.375. The lowest BCUT2D eigenvalue weighted by Crippen LogP contribution is -2.40. The SMILES string of the molecule is CC(C)S(=O)(=O)N[C@@H]1CCO[C@@H]1c1ccc(-c2ccc(F)cn2)cc1. The molecule has 0 unspecified atom stereocenters. The minimum Gasteiger partial charge on any atom is -0.372 e. The van der Waals surface area contributed by atoms with Gasteiger partial charge in [-0.3, -0.25) is 4.98 Å². The van der Waals surface area contributed by atoms with Gasteiger partial charge >= 0.3 is 0 Å². The molecule has 2 heterocycles. The van der Waals surface area contributed by atoms with E-state index in [9.17, 15) is 12.8 Å². The number of pyridine rings is 1. The molecule has 0 bridgehead atoms. The van der Waals surface area contributed by atoms with Gasteiger partial charge in [0.1, 0.15) is 5.82 Å². The molecule has 3 rings (SSSR count). The Kier molecular flexibility index (Phi) is 5.17. The molecule has 1 saturated heterocycles. The highest BCUT2D eigenvalue weighted by Crippen LogP contribution is 2.31. The average molecular weight is 364 g/mol. The van der Waals surface area contributed by atoms with Crippen LogP contribution in [0.15, 0.2) is 42.6 Å². The number of aromatic nitrogens is 1. The van der Waals surface area contributed by atoms with Crippen LogP contribution in [0.25, 0.3) is 11.3 Å². The van der Waals surface area contributed by atoms with E-state index < -0.39 is 15.3 Å². The molecule has 25 heavy (non-hydrogen) atoms. The summed E-state index contributed by atoms with van der Waals surface area (Å²) >= 11 is 0. The number of hydrogen-bond donors (Lipinski definition) is 1. The van der Waals surface area contributed by atoms with E-state index in [0.717, 1.165) is 11.1 Å². The van der Waals surface area contributed by atoms with Crippen molar-refractivity contribution >= 4 is 10.0 Å². The average Bonchev–Trinajstić information content (AvgIpc) is 3.03. The molecule has 1 aliphatic heterocycles. The zero-order valence-electron chi connectivity index (χ0n) is 14.1. The summed E-state index contributed by atoms with van der Waals surface area (Å²) in [4.78, 5) is 4.06. The molecule has 0 spiro atoms. The Morgan fingerprint density at radius 3 is 2.52 bits per heavy atom. The number of ether oxygens (including phenoxy) is 1. The number of nitrogens with zero attached hydrogens (tertiary/aromatic N) is 1. The zero-order chi connectivity index (χ0) is 18.0. The van der Waals surface area contributed by atoms with Crippen molar-refractivity contribution in [3.8, 4) is 11.3 Å². The molecular formula is C18H21FN2O3S. The molecule has 0 amide bonds. The van der Waals surface area contributed by atoms with Gasteiger partial charge in [-0.1, -0.05) is 24.3 Å². The van der Waals surface area contributed by atoms with Crippen LogP contribution in [0.1, 0.15) is 31.9 Å². The van der Waals surface area contributed by atoms with Crippen molar-refractivity contribution < 1.29 is 17.5 Å². The maximum absolute atomic E-state index is 13.0. The fourth-order valence-electron chi connectivity index (χ4n) is 2.78. The summed E-state index contributed by atoms with van der Waals surface area (Å²) in [6.45, 7) is 3.81. The van der Waals surface area contributed by atoms with Gasteiger partial charge in [-0.25, -0.2) is 17.5 Å². The van der Waals surface area contributed by atoms with Crippen LogP contribution in [0.4, 0.5) is 4.39 Å². The van der Waals surface area contributed by atoms with E-state index in [1.807, 2.05) is 24.3 Å². The number of benzene rings is 1. The third kappa shape index (κ3) is 4.05. The Morgan fingerprint density at radius 1 is 1.20 bits per heavy atom. The quantitative estimate of drug-likeness (QED) is 0.885. The first-order chi connectivity index (χ1) is 11.9. The van der Waals surface area contributed by atoms with Crippen LogP contribution < -0.4 is 4.72 Å². The van der Waals surface area contributed by atoms with Crippen LogP contribution >= 0.6 is 0 Å². The monoisotopic (exact) mass is 364 g/mol. The molecule has 1 aromatic heterocycles. The molecule has 1 fully saturated rings. The van der Waals surface area contributed by atoms with Gasteiger partial charge in [0.15, 0.2) is 0 Å². The Bertz CT molecular complexity index is 820. The maximum Gasteiger partial charge on any atom is 0.214 e. The van der Waals surface area contributed by atoms with E-state index in [1.54, 1.807) is 19.9 Å². The molecule has 1 N–H and O–H groups in total. The van der Waals surface area contributed by atoms with Crippen LogP contribution in [0.3, 0.4) is 0 Å². The Morgan fingerprint density at radius 2 is 1.92 bits per heavy atom. The van der Waals surface area contributed by atoms with Crippen molar-refractivity contribution in [1.82, 2.24) is 9.71 Å². The van der Waals surface area contributed by atoms with E-state index in [2.05, 4.69) is 9.71 Å². The highest BCUT2D eigenvalue weighted by molar-refractivity contribution is 7.90. The van der Waals surface area contributed by atoms with Crippen LogP contribution in [0.5, 0.6) is 0 Å². The lowest BCUT2D eigenvalue weighted by molar-refractivity contribution is 0.102. The van der Waals surface area contributed by atoms with E-state index in [4.69, 9.17) is 4.74 Å². The molecule has 2 atom stereocenters. The number of rotatable bonds is 5. The largest absolute Gasteiger partial charge is 0.372 e. The van der Waals surface area contributed by atoms with Gasteiger partial charge in [0.25, 0.3) is 0 Å². The van der Waals surface area contributed by atoms with Gasteiger partial charge < -0.3 is 4.74 Å². The van der Waals surface area contributed by atoms with E-state index in [-0.39, 0.29) is 18.0 Å². The van der Waals surface area contributed by atoms with Crippen LogP contribution in [-0.4, -0.2) is 31.3 Å². The molecule has 7 heteroatoms. The first-order valence-electron chi connectivity index (χ1n) is 8.21. The third-order valence-electron chi connectivity index (χ3n) is 4.29. The van der Waals surface area contributed by atoms with Crippen LogP contribution in [0, 0.1) is 5.82 Å². The number of hydrogen-bond acceptors (Lipinski definition) is 4. The Balaban J connectivity index is 1.78. The van der Waals surface area contributed by atoms with Crippen molar-refractivity contribution in [2.45, 2.75) is 37.7 Å². The van der Waals surface area contributed by atoms with E-state index in [0.29, 0.717) is 18.7 Å². The number of halogens is 1. The first-order valence-corrected chi connectivity index (χ1v) is 9.76. The van der Waals surface area contributed by atoms with Gasteiger partial charge in [0.2, 0.25) is 10.0 Å². The van der Waals surface area contributed by atoms with Crippen LogP contribution in [0.2, 0.25) is 0 Å². The Labute approximate surface area is 147 Å². The molecule has 134 valence electrons. The minimum atomic E-state index is -3.35. The fraction of sp³-hybridized carbons (Fsp3) is 0.389. The van der Waals surface area contributed by atoms with Crippen LogP contribution in [-0.2, 0) is 14.8 Å². The van der Waals surface area contributed by atoms with Gasteiger partial charge in [0.05, 0.1) is 29.3 Å². The summed E-state index contributed by atoms with van der Waals surface area (Å²) in [7, 11) is -3.35. The second-order valence-corrected chi connectivity index (χ2v) is 8.65. The number of nitrogens with one attached hydrogen (secondary N) is 1. The zero-order valence-corrected chi connectivity index (χ0v) is 15.0. The minimum absolute atomic E-state index is 0.276. The predicted molar refractivity (Wildman–Crippen MR) is 93.9 cm³/mol. The first kappa shape index (κ1) is 18.0. The predicted octanol–water partition coefficient (Wildman–Crippen LogP) is 3.05. The summed E-state index contributed by atoms with van der Waals surface area (Å²) in [5, 5.41) is -0.485. The lowest BCUT2D eigenvalue weighted by atomic mass is 10.0. The standard InChI is InChI=1S/C18H21FN2O3S/c1-12(2)25(22,23)21-17-9-10-24-18(17)14-5-3-13(4-6-14)16-8-7-15(19)11-20-16/h3-8,11-12,17-18,21H,9-10H2,1-2H3/t17-,18-/m1/s1. The fourth-order valence-corrected chi connectivity index (χ4v) is 3.71. The topological polar surface area (TPSA) is 68.3 Å². The molecule has 2 aromatic rings. The molecule has 0 aliphatic carbocycles. The molecule has 5 nitrogen and oxygen atoms in total. The van der Waals surface area contributed by atoms with E-state index >= 15 is 0 Å². The highest BCUT2D eigenvalue weighted by Gasteiger charge is 2.33. The Hall–Kier alpha value is -1.83. The molecule has 1 aliphatic rings. The summed E-state index contributed by atoms with van der Waals surface area (Å²) in [6.07, 6.45) is 1.50. The van der Waals surface area contributed by atoms with Gasteiger partial charge in [-0.2, -0.15) is 0 Å². The summed E-state index contributed by atoms with van der Waals surface area (Å²) in [6, 6.07) is 10.3. The van der Waals surface area contributed by atoms with Crippen molar-refractivity contribution in [3.63, 3.8) is 0 Å². The molecule has 1 aromatic carbocycles. The van der Waals surface area contributed by atoms with Crippen molar-refractivity contribution in [2.24, 2.45) is 0 Å². The van der Waals surface area contributed by atoms with E-state index in [1.165, 1.54) is 12.3 Å². The van der Waals surface area contributed by atoms with Gasteiger partial charge in [-0.05, 0) is 38.0 Å². The second kappa shape index (κ2) is 7.19.